The lowest BCUT2D eigenvalue weighted by atomic mass is 10.2. The van der Waals surface area contributed by atoms with E-state index in [0.717, 1.165) is 38.4 Å². The summed E-state index contributed by atoms with van der Waals surface area (Å²) >= 11 is 0. The van der Waals surface area contributed by atoms with E-state index in [4.69, 9.17) is 0 Å². The minimum Gasteiger partial charge on any atom is -0.316 e. The van der Waals surface area contributed by atoms with Crippen molar-refractivity contribution in [2.24, 2.45) is 5.92 Å². The van der Waals surface area contributed by atoms with Crippen LogP contribution in [0.25, 0.3) is 6.08 Å². The third-order valence-corrected chi connectivity index (χ3v) is 2.51. The summed E-state index contributed by atoms with van der Waals surface area (Å²) in [5.41, 5.74) is 1.20. The molecule has 0 unspecified atom stereocenters. The van der Waals surface area contributed by atoms with E-state index in [1.165, 1.54) is 5.69 Å². The van der Waals surface area contributed by atoms with Gasteiger partial charge in [0, 0.05) is 12.7 Å². The van der Waals surface area contributed by atoms with Crippen molar-refractivity contribution in [2.45, 2.75) is 40.2 Å². The molecule has 0 saturated heterocycles. The number of aryl methyl sites for hydroxylation is 1. The maximum atomic E-state index is 4.29. The third-order valence-electron chi connectivity index (χ3n) is 2.51. The lowest BCUT2D eigenvalue weighted by molar-refractivity contribution is 0.557. The van der Waals surface area contributed by atoms with Gasteiger partial charge in [-0.25, -0.2) is 0 Å². The highest BCUT2D eigenvalue weighted by Gasteiger charge is 1.96. The molecule has 0 aliphatic heterocycles. The summed E-state index contributed by atoms with van der Waals surface area (Å²) in [5, 5.41) is 7.72. The molecule has 3 nitrogen and oxygen atoms in total. The Hall–Kier alpha value is -1.09. The van der Waals surface area contributed by atoms with Gasteiger partial charge in [0.25, 0.3) is 0 Å². The molecule has 0 saturated carbocycles. The normalized spacial score (nSPS) is 11.8. The van der Waals surface area contributed by atoms with Crippen molar-refractivity contribution < 1.29 is 0 Å². The molecule has 0 aliphatic rings. The SMILES string of the molecule is CCCn1nccc1C=CCCNCC(C)C. The van der Waals surface area contributed by atoms with Crippen molar-refractivity contribution in [1.82, 2.24) is 15.1 Å². The Bertz CT molecular complexity index is 326. The van der Waals surface area contributed by atoms with E-state index in [1.54, 1.807) is 0 Å². The van der Waals surface area contributed by atoms with Crippen LogP contribution in [0.3, 0.4) is 0 Å². The summed E-state index contributed by atoms with van der Waals surface area (Å²) in [4.78, 5) is 0. The van der Waals surface area contributed by atoms with Crippen LogP contribution < -0.4 is 5.32 Å². The molecule has 0 aliphatic carbocycles. The first kappa shape index (κ1) is 14.0. The van der Waals surface area contributed by atoms with E-state index in [0.29, 0.717) is 0 Å². The second-order valence-corrected chi connectivity index (χ2v) is 4.77. The van der Waals surface area contributed by atoms with Crippen LogP contribution in [0, 0.1) is 5.92 Å². The molecule has 0 amide bonds. The molecule has 0 radical (unpaired) electrons. The van der Waals surface area contributed by atoms with Crippen LogP contribution in [0.2, 0.25) is 0 Å². The predicted octanol–water partition coefficient (Wildman–Crippen LogP) is 2.94. The van der Waals surface area contributed by atoms with Gasteiger partial charge in [0.2, 0.25) is 0 Å². The van der Waals surface area contributed by atoms with Crippen LogP contribution in [0.4, 0.5) is 0 Å². The molecule has 1 aromatic heterocycles. The lowest BCUT2D eigenvalue weighted by Crippen LogP contribution is -2.20. The van der Waals surface area contributed by atoms with Crippen LogP contribution >= 0.6 is 0 Å². The van der Waals surface area contributed by atoms with E-state index in [9.17, 15) is 0 Å². The summed E-state index contributed by atoms with van der Waals surface area (Å²) in [5.74, 6) is 0.727. The molecular formula is C14H25N3. The van der Waals surface area contributed by atoms with Crippen LogP contribution in [0.15, 0.2) is 18.3 Å². The van der Waals surface area contributed by atoms with Gasteiger partial charge in [0.1, 0.15) is 0 Å². The van der Waals surface area contributed by atoms with Crippen molar-refractivity contribution in [3.63, 3.8) is 0 Å². The van der Waals surface area contributed by atoms with Gasteiger partial charge < -0.3 is 5.32 Å². The van der Waals surface area contributed by atoms with Gasteiger partial charge in [-0.15, -0.1) is 0 Å². The van der Waals surface area contributed by atoms with Crippen molar-refractivity contribution in [2.75, 3.05) is 13.1 Å². The molecule has 1 N–H and O–H groups in total. The van der Waals surface area contributed by atoms with Gasteiger partial charge in [-0.05, 0) is 44.0 Å². The molecule has 1 rings (SSSR count). The predicted molar refractivity (Wildman–Crippen MR) is 73.9 cm³/mol. The highest BCUT2D eigenvalue weighted by atomic mass is 15.3. The molecule has 0 fully saturated rings. The minimum atomic E-state index is 0.727. The summed E-state index contributed by atoms with van der Waals surface area (Å²) in [6, 6.07) is 2.06. The van der Waals surface area contributed by atoms with Gasteiger partial charge in [0.15, 0.2) is 0 Å². The maximum absolute atomic E-state index is 4.29. The van der Waals surface area contributed by atoms with Crippen LogP contribution in [0.5, 0.6) is 0 Å². The van der Waals surface area contributed by atoms with Gasteiger partial charge in [-0.3, -0.25) is 4.68 Å². The van der Waals surface area contributed by atoms with E-state index in [2.05, 4.69) is 54.1 Å². The standard InChI is InChI=1S/C14H25N3/c1-4-11-17-14(8-10-16-17)7-5-6-9-15-12-13(2)3/h5,7-8,10,13,15H,4,6,9,11-12H2,1-3H3. The van der Waals surface area contributed by atoms with Gasteiger partial charge in [-0.1, -0.05) is 26.8 Å². The zero-order valence-electron chi connectivity index (χ0n) is 11.3. The van der Waals surface area contributed by atoms with Gasteiger partial charge >= 0.3 is 0 Å². The summed E-state index contributed by atoms with van der Waals surface area (Å²) < 4.78 is 2.05. The largest absolute Gasteiger partial charge is 0.316 e. The molecule has 1 heterocycles. The fourth-order valence-corrected chi connectivity index (χ4v) is 1.66. The Morgan fingerprint density at radius 2 is 2.29 bits per heavy atom. The second kappa shape index (κ2) is 8.07. The quantitative estimate of drug-likeness (QED) is 0.702. The Morgan fingerprint density at radius 1 is 1.47 bits per heavy atom. The highest BCUT2D eigenvalue weighted by Crippen LogP contribution is 2.03. The summed E-state index contributed by atoms with van der Waals surface area (Å²) in [7, 11) is 0. The van der Waals surface area contributed by atoms with Crippen LogP contribution in [-0.4, -0.2) is 22.9 Å². The van der Waals surface area contributed by atoms with E-state index in [-0.39, 0.29) is 0 Å². The van der Waals surface area contributed by atoms with Gasteiger partial charge in [-0.2, -0.15) is 5.10 Å². The molecule has 96 valence electrons. The second-order valence-electron chi connectivity index (χ2n) is 4.77. The average Bonchev–Trinajstić information content (AvgIpc) is 2.71. The zero-order valence-corrected chi connectivity index (χ0v) is 11.3. The molecular weight excluding hydrogens is 210 g/mol. The molecule has 0 aromatic carbocycles. The number of nitrogens with zero attached hydrogens (tertiary/aromatic N) is 2. The third kappa shape index (κ3) is 5.68. The van der Waals surface area contributed by atoms with E-state index in [1.807, 2.05) is 6.20 Å². The zero-order chi connectivity index (χ0) is 12.5. The fraction of sp³-hybridized carbons (Fsp3) is 0.643. The molecule has 1 aromatic rings. The van der Waals surface area contributed by atoms with Crippen molar-refractivity contribution in [3.05, 3.63) is 24.0 Å². The Kier molecular flexibility index (Phi) is 6.63. The number of rotatable bonds is 8. The number of nitrogens with one attached hydrogen (secondary N) is 1. The van der Waals surface area contributed by atoms with Crippen molar-refractivity contribution >= 4 is 6.08 Å². The van der Waals surface area contributed by atoms with Crippen molar-refractivity contribution in [1.29, 1.82) is 0 Å². The molecule has 0 bridgehead atoms. The molecule has 0 atom stereocenters. The highest BCUT2D eigenvalue weighted by molar-refractivity contribution is 5.44. The summed E-state index contributed by atoms with van der Waals surface area (Å²) in [6.07, 6.45) is 8.45. The van der Waals surface area contributed by atoms with Crippen LogP contribution in [-0.2, 0) is 6.54 Å². The first-order chi connectivity index (χ1) is 8.24. The first-order valence-electron chi connectivity index (χ1n) is 6.63. The Balaban J connectivity index is 2.25. The topological polar surface area (TPSA) is 29.9 Å². The molecule has 3 heteroatoms. The smallest absolute Gasteiger partial charge is 0.0606 e. The van der Waals surface area contributed by atoms with E-state index >= 15 is 0 Å². The summed E-state index contributed by atoms with van der Waals surface area (Å²) in [6.45, 7) is 9.78. The van der Waals surface area contributed by atoms with Crippen LogP contribution in [0.1, 0.15) is 39.3 Å². The first-order valence-corrected chi connectivity index (χ1v) is 6.63. The maximum Gasteiger partial charge on any atom is 0.0606 e. The minimum absolute atomic E-state index is 0.727. The number of hydrogen-bond acceptors (Lipinski definition) is 2. The monoisotopic (exact) mass is 235 g/mol. The Labute approximate surface area is 105 Å². The van der Waals surface area contributed by atoms with Crippen molar-refractivity contribution in [3.8, 4) is 0 Å². The molecule has 17 heavy (non-hydrogen) atoms. The fourth-order valence-electron chi connectivity index (χ4n) is 1.66. The Morgan fingerprint density at radius 3 is 3.00 bits per heavy atom. The molecule has 0 spiro atoms. The van der Waals surface area contributed by atoms with E-state index < -0.39 is 0 Å². The number of aromatic nitrogens is 2. The van der Waals surface area contributed by atoms with Gasteiger partial charge in [0.05, 0.1) is 5.69 Å². The average molecular weight is 235 g/mol. The lowest BCUT2D eigenvalue weighted by Gasteiger charge is -2.05. The number of hydrogen-bond donors (Lipinski definition) is 1.